The number of hydrogen-bond acceptors (Lipinski definition) is 1. The number of rotatable bonds is 5. The van der Waals surface area contributed by atoms with Crippen LogP contribution in [0.15, 0.2) is 12.1 Å². The van der Waals surface area contributed by atoms with Crippen molar-refractivity contribution in [1.82, 2.24) is 0 Å². The quantitative estimate of drug-likeness (QED) is 0.649. The van der Waals surface area contributed by atoms with E-state index in [1.165, 1.54) is 36.0 Å². The van der Waals surface area contributed by atoms with Crippen LogP contribution in [0.5, 0.6) is 5.75 Å². The van der Waals surface area contributed by atoms with Crippen molar-refractivity contribution in [2.75, 3.05) is 0 Å². The third-order valence-corrected chi connectivity index (χ3v) is 4.13. The summed E-state index contributed by atoms with van der Waals surface area (Å²) in [7, 11) is 0. The Morgan fingerprint density at radius 3 is 1.95 bits per heavy atom. The fourth-order valence-electron chi connectivity index (χ4n) is 3.10. The van der Waals surface area contributed by atoms with Crippen LogP contribution < -0.4 is 0 Å². The maximum Gasteiger partial charge on any atom is 0.119 e. The lowest BCUT2D eigenvalue weighted by atomic mass is 9.72. The molecule has 1 aromatic rings. The third kappa shape index (κ3) is 4.76. The molecule has 0 amide bonds. The standard InChI is InChI=1S/C20H34O/c1-8-9-10-11-12-15-17(21)14-13-16(19(2,3)4)18(15)20(5,6)7/h13-14,21H,8-12H2,1-7H3. The molecule has 0 aliphatic rings. The van der Waals surface area contributed by atoms with Gasteiger partial charge in [0.2, 0.25) is 0 Å². The molecular formula is C20H34O. The summed E-state index contributed by atoms with van der Waals surface area (Å²) in [6, 6.07) is 4.01. The van der Waals surface area contributed by atoms with Gasteiger partial charge in [-0.2, -0.15) is 0 Å². The van der Waals surface area contributed by atoms with Crippen molar-refractivity contribution in [1.29, 1.82) is 0 Å². The van der Waals surface area contributed by atoms with Crippen LogP contribution in [0.25, 0.3) is 0 Å². The zero-order valence-electron chi connectivity index (χ0n) is 15.1. The zero-order valence-corrected chi connectivity index (χ0v) is 15.1. The Labute approximate surface area is 131 Å². The van der Waals surface area contributed by atoms with Gasteiger partial charge in [0.25, 0.3) is 0 Å². The largest absolute Gasteiger partial charge is 0.508 e. The second kappa shape index (κ2) is 6.85. The minimum Gasteiger partial charge on any atom is -0.508 e. The van der Waals surface area contributed by atoms with Gasteiger partial charge >= 0.3 is 0 Å². The van der Waals surface area contributed by atoms with Gasteiger partial charge in [-0.15, -0.1) is 0 Å². The van der Waals surface area contributed by atoms with Crippen molar-refractivity contribution in [3.8, 4) is 5.75 Å². The minimum absolute atomic E-state index is 0.0570. The van der Waals surface area contributed by atoms with Crippen LogP contribution in [0.1, 0.15) is 90.8 Å². The van der Waals surface area contributed by atoms with Gasteiger partial charge in [0.05, 0.1) is 0 Å². The first-order valence-electron chi connectivity index (χ1n) is 8.44. The highest BCUT2D eigenvalue weighted by molar-refractivity contribution is 5.50. The van der Waals surface area contributed by atoms with Crippen molar-refractivity contribution in [3.63, 3.8) is 0 Å². The van der Waals surface area contributed by atoms with Crippen LogP contribution in [-0.4, -0.2) is 5.11 Å². The topological polar surface area (TPSA) is 20.2 Å². The smallest absolute Gasteiger partial charge is 0.119 e. The van der Waals surface area contributed by atoms with E-state index in [4.69, 9.17) is 0 Å². The summed E-state index contributed by atoms with van der Waals surface area (Å²) < 4.78 is 0. The molecule has 1 heteroatoms. The molecule has 0 saturated heterocycles. The molecule has 0 saturated carbocycles. The molecular weight excluding hydrogens is 256 g/mol. The van der Waals surface area contributed by atoms with Gasteiger partial charge in [-0.1, -0.05) is 73.8 Å². The Kier molecular flexibility index (Phi) is 5.90. The first-order valence-corrected chi connectivity index (χ1v) is 8.44. The first-order chi connectivity index (χ1) is 9.59. The number of benzene rings is 1. The third-order valence-electron chi connectivity index (χ3n) is 4.13. The van der Waals surface area contributed by atoms with Gasteiger partial charge < -0.3 is 5.11 Å². The summed E-state index contributed by atoms with van der Waals surface area (Å²) in [5.74, 6) is 0.476. The van der Waals surface area contributed by atoms with E-state index in [0.717, 1.165) is 12.8 Å². The molecule has 120 valence electrons. The highest BCUT2D eigenvalue weighted by Gasteiger charge is 2.28. The molecule has 0 bridgehead atoms. The van der Waals surface area contributed by atoms with Crippen LogP contribution in [0.4, 0.5) is 0 Å². The van der Waals surface area contributed by atoms with E-state index >= 15 is 0 Å². The Bertz CT molecular complexity index is 458. The average Bonchev–Trinajstić information content (AvgIpc) is 2.33. The predicted octanol–water partition coefficient (Wildman–Crippen LogP) is 6.11. The van der Waals surface area contributed by atoms with Gasteiger partial charge in [-0.3, -0.25) is 0 Å². The number of phenolic OH excluding ortho intramolecular Hbond substituents is 1. The summed E-state index contributed by atoms with van der Waals surface area (Å²) in [5.41, 5.74) is 4.06. The van der Waals surface area contributed by atoms with Gasteiger partial charge in [-0.05, 0) is 46.4 Å². The summed E-state index contributed by atoms with van der Waals surface area (Å²) in [6.45, 7) is 15.8. The van der Waals surface area contributed by atoms with Crippen LogP contribution in [0.3, 0.4) is 0 Å². The lowest BCUT2D eigenvalue weighted by Crippen LogP contribution is -2.24. The minimum atomic E-state index is 0.0570. The monoisotopic (exact) mass is 290 g/mol. The molecule has 21 heavy (non-hydrogen) atoms. The lowest BCUT2D eigenvalue weighted by molar-refractivity contribution is 0.453. The Morgan fingerprint density at radius 2 is 1.48 bits per heavy atom. The first kappa shape index (κ1) is 18.1. The summed E-state index contributed by atoms with van der Waals surface area (Å²) in [5, 5.41) is 10.4. The number of phenols is 1. The number of hydrogen-bond donors (Lipinski definition) is 1. The summed E-state index contributed by atoms with van der Waals surface area (Å²) in [4.78, 5) is 0. The highest BCUT2D eigenvalue weighted by atomic mass is 16.3. The van der Waals surface area contributed by atoms with E-state index in [9.17, 15) is 5.11 Å². The van der Waals surface area contributed by atoms with E-state index < -0.39 is 0 Å². The van der Waals surface area contributed by atoms with Crippen LogP contribution in [0, 0.1) is 0 Å². The van der Waals surface area contributed by atoms with E-state index in [-0.39, 0.29) is 10.8 Å². The van der Waals surface area contributed by atoms with Crippen LogP contribution in [-0.2, 0) is 17.3 Å². The molecule has 1 rings (SSSR count). The molecule has 1 N–H and O–H groups in total. The van der Waals surface area contributed by atoms with E-state index in [1.54, 1.807) is 0 Å². The summed E-state index contributed by atoms with van der Waals surface area (Å²) >= 11 is 0. The van der Waals surface area contributed by atoms with E-state index in [1.807, 2.05) is 6.07 Å². The highest BCUT2D eigenvalue weighted by Crippen LogP contribution is 2.40. The molecule has 0 heterocycles. The second-order valence-electron chi connectivity index (χ2n) is 8.30. The SMILES string of the molecule is CCCCCCc1c(O)ccc(C(C)(C)C)c1C(C)(C)C. The van der Waals surface area contributed by atoms with E-state index in [0.29, 0.717) is 5.75 Å². The molecule has 0 unspecified atom stereocenters. The predicted molar refractivity (Wildman–Crippen MR) is 93.4 cm³/mol. The maximum atomic E-state index is 10.4. The van der Waals surface area contributed by atoms with Crippen molar-refractivity contribution in [2.45, 2.75) is 91.4 Å². The van der Waals surface area contributed by atoms with Crippen LogP contribution >= 0.6 is 0 Å². The average molecular weight is 290 g/mol. The van der Waals surface area contributed by atoms with Crippen molar-refractivity contribution in [2.24, 2.45) is 0 Å². The Hall–Kier alpha value is -0.980. The molecule has 1 nitrogen and oxygen atoms in total. The molecule has 0 radical (unpaired) electrons. The normalized spacial score (nSPS) is 12.7. The van der Waals surface area contributed by atoms with Crippen molar-refractivity contribution in [3.05, 3.63) is 28.8 Å². The van der Waals surface area contributed by atoms with Gasteiger partial charge in [0.1, 0.15) is 5.75 Å². The van der Waals surface area contributed by atoms with Gasteiger partial charge in [0, 0.05) is 0 Å². The van der Waals surface area contributed by atoms with Crippen LogP contribution in [0.2, 0.25) is 0 Å². The van der Waals surface area contributed by atoms with E-state index in [2.05, 4.69) is 54.5 Å². The van der Waals surface area contributed by atoms with Gasteiger partial charge in [0.15, 0.2) is 0 Å². The fourth-order valence-corrected chi connectivity index (χ4v) is 3.10. The Balaban J connectivity index is 3.27. The molecule has 1 aromatic carbocycles. The molecule has 0 atom stereocenters. The van der Waals surface area contributed by atoms with Gasteiger partial charge in [-0.25, -0.2) is 0 Å². The lowest BCUT2D eigenvalue weighted by Gasteiger charge is -2.33. The summed E-state index contributed by atoms with van der Waals surface area (Å²) in [6.07, 6.45) is 5.93. The second-order valence-corrected chi connectivity index (χ2v) is 8.30. The molecule has 0 fully saturated rings. The molecule has 0 spiro atoms. The fraction of sp³-hybridized carbons (Fsp3) is 0.700. The Morgan fingerprint density at radius 1 is 0.857 bits per heavy atom. The molecule has 0 aromatic heterocycles. The molecule has 0 aliphatic heterocycles. The number of aromatic hydroxyl groups is 1. The maximum absolute atomic E-state index is 10.4. The number of unbranched alkanes of at least 4 members (excludes halogenated alkanes) is 3. The van der Waals surface area contributed by atoms with Crippen molar-refractivity contribution < 1.29 is 5.11 Å². The van der Waals surface area contributed by atoms with Crippen molar-refractivity contribution >= 4 is 0 Å². The zero-order chi connectivity index (χ0) is 16.3. The molecule has 0 aliphatic carbocycles.